The molecule has 3 rings (SSSR count). The monoisotopic (exact) mass is 246 g/mol. The molecular formula is C14H18N2O2. The van der Waals surface area contributed by atoms with Crippen molar-refractivity contribution in [2.45, 2.75) is 12.8 Å². The lowest BCUT2D eigenvalue weighted by molar-refractivity contribution is -0.123. The van der Waals surface area contributed by atoms with Crippen LogP contribution in [0.25, 0.3) is 0 Å². The normalized spacial score (nSPS) is 19.1. The van der Waals surface area contributed by atoms with Crippen LogP contribution in [-0.4, -0.2) is 32.7 Å². The molecule has 2 aliphatic heterocycles. The van der Waals surface area contributed by atoms with Crippen LogP contribution in [-0.2, 0) is 11.2 Å². The Morgan fingerprint density at radius 3 is 2.94 bits per heavy atom. The summed E-state index contributed by atoms with van der Waals surface area (Å²) in [5.41, 5.74) is 2.21. The fourth-order valence-electron chi connectivity index (χ4n) is 2.68. The molecule has 0 atom stereocenters. The summed E-state index contributed by atoms with van der Waals surface area (Å²) in [7, 11) is 1.66. The van der Waals surface area contributed by atoms with E-state index in [4.69, 9.17) is 4.74 Å². The first-order chi connectivity index (χ1) is 8.81. The number of carbonyl (C=O) groups excluding carboxylic acids is 1. The van der Waals surface area contributed by atoms with Crippen molar-refractivity contribution in [3.63, 3.8) is 0 Å². The molecule has 0 spiro atoms. The number of carbonyl (C=O) groups is 1. The van der Waals surface area contributed by atoms with Gasteiger partial charge in [-0.2, -0.15) is 0 Å². The van der Waals surface area contributed by atoms with Crippen LogP contribution in [0.4, 0.5) is 5.69 Å². The molecule has 0 aliphatic carbocycles. The summed E-state index contributed by atoms with van der Waals surface area (Å²) in [6.07, 6.45) is 2.06. The standard InChI is InChI=1S/C14H18N2O2/c1-18-12-6-2-4-10-5-3-7-16(13(10)12)14(17)11-8-15-9-11/h2,4,6,11,15H,3,5,7-9H2,1H3. The van der Waals surface area contributed by atoms with E-state index < -0.39 is 0 Å². The number of aryl methyl sites for hydroxylation is 1. The summed E-state index contributed by atoms with van der Waals surface area (Å²) in [6.45, 7) is 2.42. The van der Waals surface area contributed by atoms with E-state index in [0.29, 0.717) is 0 Å². The molecule has 1 fully saturated rings. The number of hydrogen-bond acceptors (Lipinski definition) is 3. The molecule has 1 N–H and O–H groups in total. The SMILES string of the molecule is COc1cccc2c1N(C(=O)C1CNC1)CCC2. The van der Waals surface area contributed by atoms with Crippen LogP contribution in [0.3, 0.4) is 0 Å². The number of benzene rings is 1. The fourth-order valence-corrected chi connectivity index (χ4v) is 2.68. The van der Waals surface area contributed by atoms with Gasteiger partial charge in [0.1, 0.15) is 5.75 Å². The second-order valence-electron chi connectivity index (χ2n) is 4.92. The van der Waals surface area contributed by atoms with Crippen molar-refractivity contribution in [3.8, 4) is 5.75 Å². The summed E-state index contributed by atoms with van der Waals surface area (Å²) in [6, 6.07) is 6.02. The van der Waals surface area contributed by atoms with Gasteiger partial charge in [0.05, 0.1) is 18.7 Å². The quantitative estimate of drug-likeness (QED) is 0.852. The molecule has 0 unspecified atom stereocenters. The lowest BCUT2D eigenvalue weighted by Crippen LogP contribution is -2.53. The number of nitrogens with one attached hydrogen (secondary N) is 1. The summed E-state index contributed by atoms with van der Waals surface area (Å²) in [5.74, 6) is 1.19. The van der Waals surface area contributed by atoms with Gasteiger partial charge in [0, 0.05) is 19.6 Å². The van der Waals surface area contributed by atoms with E-state index in [2.05, 4.69) is 11.4 Å². The van der Waals surface area contributed by atoms with Crippen LogP contribution in [0.15, 0.2) is 18.2 Å². The smallest absolute Gasteiger partial charge is 0.232 e. The van der Waals surface area contributed by atoms with E-state index in [1.807, 2.05) is 17.0 Å². The van der Waals surface area contributed by atoms with Gasteiger partial charge in [0.25, 0.3) is 0 Å². The van der Waals surface area contributed by atoms with E-state index in [1.54, 1.807) is 7.11 Å². The second-order valence-corrected chi connectivity index (χ2v) is 4.92. The van der Waals surface area contributed by atoms with Gasteiger partial charge in [-0.05, 0) is 24.5 Å². The van der Waals surface area contributed by atoms with Gasteiger partial charge in [0.2, 0.25) is 5.91 Å². The maximum atomic E-state index is 12.4. The Morgan fingerprint density at radius 1 is 1.44 bits per heavy atom. The van der Waals surface area contributed by atoms with Crippen molar-refractivity contribution in [3.05, 3.63) is 23.8 Å². The van der Waals surface area contributed by atoms with Crippen molar-refractivity contribution >= 4 is 11.6 Å². The first-order valence-corrected chi connectivity index (χ1v) is 6.49. The second kappa shape index (κ2) is 4.61. The molecule has 0 aromatic heterocycles. The van der Waals surface area contributed by atoms with Crippen LogP contribution < -0.4 is 15.0 Å². The molecule has 1 aromatic rings. The van der Waals surface area contributed by atoms with Crippen LogP contribution in [0, 0.1) is 5.92 Å². The van der Waals surface area contributed by atoms with Gasteiger partial charge in [-0.15, -0.1) is 0 Å². The Morgan fingerprint density at radius 2 is 2.28 bits per heavy atom. The molecule has 0 bridgehead atoms. The third-order valence-corrected chi connectivity index (χ3v) is 3.80. The van der Waals surface area contributed by atoms with Gasteiger partial charge < -0.3 is 15.0 Å². The minimum atomic E-state index is 0.140. The first kappa shape index (κ1) is 11.5. The zero-order valence-corrected chi connectivity index (χ0v) is 10.6. The molecular weight excluding hydrogens is 228 g/mol. The van der Waals surface area contributed by atoms with Crippen LogP contribution in [0.2, 0.25) is 0 Å². The number of para-hydroxylation sites is 1. The minimum Gasteiger partial charge on any atom is -0.495 e. The highest BCUT2D eigenvalue weighted by molar-refractivity contribution is 5.98. The van der Waals surface area contributed by atoms with E-state index in [0.717, 1.165) is 43.9 Å². The number of anilines is 1. The Hall–Kier alpha value is -1.55. The molecule has 2 heterocycles. The number of hydrogen-bond donors (Lipinski definition) is 1. The lowest BCUT2D eigenvalue weighted by atomic mass is 9.96. The van der Waals surface area contributed by atoms with E-state index in [-0.39, 0.29) is 11.8 Å². The van der Waals surface area contributed by atoms with Crippen molar-refractivity contribution in [2.75, 3.05) is 31.6 Å². The Labute approximate surface area is 107 Å². The number of ether oxygens (including phenoxy) is 1. The van der Waals surface area contributed by atoms with Crippen molar-refractivity contribution in [2.24, 2.45) is 5.92 Å². The first-order valence-electron chi connectivity index (χ1n) is 6.49. The van der Waals surface area contributed by atoms with E-state index >= 15 is 0 Å². The number of rotatable bonds is 2. The van der Waals surface area contributed by atoms with E-state index in [1.165, 1.54) is 5.56 Å². The highest BCUT2D eigenvalue weighted by Crippen LogP contribution is 2.37. The van der Waals surface area contributed by atoms with Gasteiger partial charge in [-0.3, -0.25) is 4.79 Å². The molecule has 96 valence electrons. The third kappa shape index (κ3) is 1.77. The van der Waals surface area contributed by atoms with Crippen LogP contribution in [0.5, 0.6) is 5.75 Å². The van der Waals surface area contributed by atoms with Gasteiger partial charge in [0.15, 0.2) is 0 Å². The average Bonchev–Trinajstić information content (AvgIpc) is 2.35. The molecule has 4 nitrogen and oxygen atoms in total. The van der Waals surface area contributed by atoms with Crippen molar-refractivity contribution < 1.29 is 9.53 Å². The highest BCUT2D eigenvalue weighted by atomic mass is 16.5. The molecule has 1 saturated heterocycles. The fraction of sp³-hybridized carbons (Fsp3) is 0.500. The molecule has 1 aromatic carbocycles. The molecule has 0 radical (unpaired) electrons. The third-order valence-electron chi connectivity index (χ3n) is 3.80. The van der Waals surface area contributed by atoms with Crippen LogP contribution in [0.1, 0.15) is 12.0 Å². The maximum Gasteiger partial charge on any atom is 0.232 e. The van der Waals surface area contributed by atoms with Crippen molar-refractivity contribution in [1.29, 1.82) is 0 Å². The lowest BCUT2D eigenvalue weighted by Gasteiger charge is -2.36. The molecule has 0 saturated carbocycles. The topological polar surface area (TPSA) is 41.6 Å². The molecule has 2 aliphatic rings. The van der Waals surface area contributed by atoms with Gasteiger partial charge in [-0.1, -0.05) is 12.1 Å². The summed E-state index contributed by atoms with van der Waals surface area (Å²) in [4.78, 5) is 14.4. The van der Waals surface area contributed by atoms with E-state index in [9.17, 15) is 4.79 Å². The summed E-state index contributed by atoms with van der Waals surface area (Å²) < 4.78 is 5.41. The largest absolute Gasteiger partial charge is 0.495 e. The zero-order chi connectivity index (χ0) is 12.5. The average molecular weight is 246 g/mol. The zero-order valence-electron chi connectivity index (χ0n) is 10.6. The molecule has 18 heavy (non-hydrogen) atoms. The summed E-state index contributed by atoms with van der Waals surface area (Å²) in [5, 5.41) is 3.16. The molecule has 1 amide bonds. The maximum absolute atomic E-state index is 12.4. The van der Waals surface area contributed by atoms with Gasteiger partial charge >= 0.3 is 0 Å². The van der Waals surface area contributed by atoms with Crippen LogP contribution >= 0.6 is 0 Å². The summed E-state index contributed by atoms with van der Waals surface area (Å²) >= 11 is 0. The highest BCUT2D eigenvalue weighted by Gasteiger charge is 2.33. The number of methoxy groups -OCH3 is 1. The Bertz CT molecular complexity index is 455. The predicted molar refractivity (Wildman–Crippen MR) is 70.0 cm³/mol. The Kier molecular flexibility index (Phi) is 2.96. The van der Waals surface area contributed by atoms with Crippen molar-refractivity contribution in [1.82, 2.24) is 5.32 Å². The number of fused-ring (bicyclic) bond motifs is 1. The minimum absolute atomic E-state index is 0.140. The molecule has 4 heteroatoms. The van der Waals surface area contributed by atoms with Gasteiger partial charge in [-0.25, -0.2) is 0 Å². The number of nitrogens with zero attached hydrogens (tertiary/aromatic N) is 1. The number of amides is 1. The predicted octanol–water partition coefficient (Wildman–Crippen LogP) is 1.19. The Balaban J connectivity index is 1.97.